The molecule has 0 bridgehead atoms. The van der Waals surface area contributed by atoms with Crippen LogP contribution in [0.5, 0.6) is 0 Å². The largest absolute Gasteiger partial charge is 0.450 e. The number of rotatable bonds is 4. The molecule has 3 heterocycles. The second-order valence-corrected chi connectivity index (χ2v) is 5.98. The third-order valence-corrected chi connectivity index (χ3v) is 4.24. The van der Waals surface area contributed by atoms with Crippen LogP contribution in [0.25, 0.3) is 21.7 Å². The van der Waals surface area contributed by atoms with Crippen molar-refractivity contribution in [2.45, 2.75) is 6.61 Å². The van der Waals surface area contributed by atoms with Crippen molar-refractivity contribution in [2.75, 3.05) is 0 Å². The van der Waals surface area contributed by atoms with Crippen LogP contribution in [-0.2, 0) is 11.3 Å². The Labute approximate surface area is 144 Å². The number of thiophene rings is 1. The van der Waals surface area contributed by atoms with Crippen LogP contribution in [0.15, 0.2) is 61.6 Å². The van der Waals surface area contributed by atoms with Gasteiger partial charge < -0.3 is 13.7 Å². The number of ether oxygens (including phenoxy) is 1. The van der Waals surface area contributed by atoms with Gasteiger partial charge >= 0.3 is 5.97 Å². The number of para-hydroxylation sites is 1. The van der Waals surface area contributed by atoms with E-state index in [1.54, 1.807) is 24.3 Å². The first-order valence-electron chi connectivity index (χ1n) is 7.27. The molecule has 7 nitrogen and oxygen atoms in total. The van der Waals surface area contributed by atoms with E-state index in [-0.39, 0.29) is 23.7 Å². The molecule has 1 aromatic carbocycles. The second kappa shape index (κ2) is 6.33. The molecule has 0 radical (unpaired) electrons. The Morgan fingerprint density at radius 1 is 1.20 bits per heavy atom. The summed E-state index contributed by atoms with van der Waals surface area (Å²) in [6.07, 6.45) is 0. The molecule has 0 aliphatic heterocycles. The predicted molar refractivity (Wildman–Crippen MR) is 89.2 cm³/mol. The lowest BCUT2D eigenvalue weighted by molar-refractivity contribution is 0.0394. The number of benzene rings is 1. The Hall–Kier alpha value is -3.26. The van der Waals surface area contributed by atoms with Gasteiger partial charge in [0, 0.05) is 6.07 Å². The number of hydrogen-bond acceptors (Lipinski definition) is 8. The van der Waals surface area contributed by atoms with Crippen molar-refractivity contribution >= 4 is 28.3 Å². The van der Waals surface area contributed by atoms with Crippen molar-refractivity contribution in [3.05, 3.63) is 69.7 Å². The molecule has 0 aliphatic carbocycles. The van der Waals surface area contributed by atoms with Crippen LogP contribution in [0.4, 0.5) is 0 Å². The van der Waals surface area contributed by atoms with Crippen LogP contribution in [0, 0.1) is 0 Å². The maximum atomic E-state index is 12.1. The van der Waals surface area contributed by atoms with E-state index < -0.39 is 5.97 Å². The zero-order valence-electron chi connectivity index (χ0n) is 12.7. The highest BCUT2D eigenvalue weighted by Gasteiger charge is 2.16. The minimum Gasteiger partial charge on any atom is -0.450 e. The summed E-state index contributed by atoms with van der Waals surface area (Å²) in [7, 11) is 0. The highest BCUT2D eigenvalue weighted by atomic mass is 32.1. The molecule has 3 aromatic heterocycles. The van der Waals surface area contributed by atoms with E-state index in [0.717, 1.165) is 10.9 Å². The molecule has 0 saturated heterocycles. The molecule has 0 fully saturated rings. The Balaban J connectivity index is 1.50. The molecule has 4 rings (SSSR count). The third-order valence-electron chi connectivity index (χ3n) is 3.37. The van der Waals surface area contributed by atoms with E-state index in [0.29, 0.717) is 16.8 Å². The quantitative estimate of drug-likeness (QED) is 0.519. The summed E-state index contributed by atoms with van der Waals surface area (Å²) in [6.45, 7) is -0.215. The van der Waals surface area contributed by atoms with E-state index in [4.69, 9.17) is 13.7 Å². The fourth-order valence-corrected chi connectivity index (χ4v) is 2.87. The number of carbonyl (C=O) groups is 1. The summed E-state index contributed by atoms with van der Waals surface area (Å²) in [5.74, 6) is -0.376. The van der Waals surface area contributed by atoms with Crippen molar-refractivity contribution in [1.82, 2.24) is 10.1 Å². The normalized spacial score (nSPS) is 10.9. The number of nitrogens with zero attached hydrogens (tertiary/aromatic N) is 2. The van der Waals surface area contributed by atoms with Crippen LogP contribution >= 0.6 is 11.3 Å². The van der Waals surface area contributed by atoms with Gasteiger partial charge in [0.25, 0.3) is 5.89 Å². The summed E-state index contributed by atoms with van der Waals surface area (Å²) in [6, 6.07) is 11.5. The molecule has 0 atom stereocenters. The van der Waals surface area contributed by atoms with E-state index >= 15 is 0 Å². The summed E-state index contributed by atoms with van der Waals surface area (Å²) < 4.78 is 15.5. The average Bonchev–Trinajstić information content (AvgIpc) is 3.31. The summed E-state index contributed by atoms with van der Waals surface area (Å²) in [4.78, 5) is 29.1. The van der Waals surface area contributed by atoms with Crippen molar-refractivity contribution in [2.24, 2.45) is 0 Å². The minimum absolute atomic E-state index is 0.153. The number of hydrogen-bond donors (Lipinski definition) is 0. The lowest BCUT2D eigenvalue weighted by atomic mass is 10.2. The van der Waals surface area contributed by atoms with Crippen LogP contribution in [0.3, 0.4) is 0 Å². The van der Waals surface area contributed by atoms with Gasteiger partial charge in [-0.15, -0.1) is 11.3 Å². The molecule has 0 unspecified atom stereocenters. The summed E-state index contributed by atoms with van der Waals surface area (Å²) in [5, 5.41) is 6.12. The van der Waals surface area contributed by atoms with Gasteiger partial charge in [-0.1, -0.05) is 23.4 Å². The molecule has 0 amide bonds. The number of carbonyl (C=O) groups excluding carboxylic acids is 1. The molecule has 0 spiro atoms. The van der Waals surface area contributed by atoms with Crippen LogP contribution < -0.4 is 5.43 Å². The zero-order chi connectivity index (χ0) is 17.2. The highest BCUT2D eigenvalue weighted by molar-refractivity contribution is 7.13. The van der Waals surface area contributed by atoms with E-state index in [2.05, 4.69) is 10.1 Å². The van der Waals surface area contributed by atoms with Crippen LogP contribution in [0.2, 0.25) is 0 Å². The summed E-state index contributed by atoms with van der Waals surface area (Å²) >= 11 is 1.47. The van der Waals surface area contributed by atoms with Gasteiger partial charge in [-0.05, 0) is 23.6 Å². The zero-order valence-corrected chi connectivity index (χ0v) is 13.5. The molecular formula is C17H10N2O5S. The van der Waals surface area contributed by atoms with Crippen molar-refractivity contribution < 1.29 is 18.5 Å². The molecule has 0 N–H and O–H groups in total. The SMILES string of the molecule is O=C(OCc1nc(-c2cccs2)no1)c1cc(=O)c2ccccc2o1. The van der Waals surface area contributed by atoms with Gasteiger partial charge in [-0.25, -0.2) is 4.79 Å². The number of fused-ring (bicyclic) bond motifs is 1. The van der Waals surface area contributed by atoms with E-state index in [1.807, 2.05) is 17.5 Å². The Morgan fingerprint density at radius 2 is 2.08 bits per heavy atom. The van der Waals surface area contributed by atoms with E-state index in [1.165, 1.54) is 11.3 Å². The van der Waals surface area contributed by atoms with E-state index in [9.17, 15) is 9.59 Å². The van der Waals surface area contributed by atoms with Crippen molar-refractivity contribution in [3.63, 3.8) is 0 Å². The highest BCUT2D eigenvalue weighted by Crippen LogP contribution is 2.21. The van der Waals surface area contributed by atoms with Gasteiger partial charge in [-0.3, -0.25) is 4.79 Å². The number of esters is 1. The summed E-state index contributed by atoms with van der Waals surface area (Å²) in [5.41, 5.74) is 0.00583. The molecule has 124 valence electrons. The maximum absolute atomic E-state index is 12.1. The topological polar surface area (TPSA) is 95.4 Å². The first-order valence-corrected chi connectivity index (χ1v) is 8.15. The van der Waals surface area contributed by atoms with Gasteiger partial charge in [-0.2, -0.15) is 4.98 Å². The molecule has 4 aromatic rings. The van der Waals surface area contributed by atoms with Gasteiger partial charge in [0.2, 0.25) is 11.6 Å². The molecule has 8 heteroatoms. The molecule has 0 saturated carbocycles. The monoisotopic (exact) mass is 354 g/mol. The predicted octanol–water partition coefficient (Wildman–Crippen LogP) is 3.26. The molecule has 0 aliphatic rings. The average molecular weight is 354 g/mol. The lowest BCUT2D eigenvalue weighted by Gasteiger charge is -2.02. The smallest absolute Gasteiger partial charge is 0.374 e. The number of aromatic nitrogens is 2. The van der Waals surface area contributed by atoms with Gasteiger partial charge in [0.15, 0.2) is 12.0 Å². The van der Waals surface area contributed by atoms with Gasteiger partial charge in [0.1, 0.15) is 5.58 Å². The van der Waals surface area contributed by atoms with Crippen LogP contribution in [0.1, 0.15) is 16.4 Å². The third kappa shape index (κ3) is 3.07. The maximum Gasteiger partial charge on any atom is 0.374 e. The Kier molecular flexibility index (Phi) is 3.87. The Morgan fingerprint density at radius 3 is 2.92 bits per heavy atom. The fraction of sp³-hybridized carbons (Fsp3) is 0.0588. The van der Waals surface area contributed by atoms with Gasteiger partial charge in [0.05, 0.1) is 10.3 Å². The second-order valence-electron chi connectivity index (χ2n) is 5.04. The van der Waals surface area contributed by atoms with Crippen molar-refractivity contribution in [3.8, 4) is 10.7 Å². The molecule has 25 heavy (non-hydrogen) atoms. The van der Waals surface area contributed by atoms with Crippen LogP contribution in [-0.4, -0.2) is 16.1 Å². The first kappa shape index (κ1) is 15.3. The fourth-order valence-electron chi connectivity index (χ4n) is 2.22. The minimum atomic E-state index is -0.779. The lowest BCUT2D eigenvalue weighted by Crippen LogP contribution is -2.10. The standard InChI is InChI=1S/C17H10N2O5S/c20-11-8-13(23-12-5-2-1-4-10(11)12)17(21)22-9-15-18-16(19-24-15)14-6-3-7-25-14/h1-8H,9H2. The first-order chi connectivity index (χ1) is 12.2. The Bertz CT molecular complexity index is 1100. The molecular weight excluding hydrogens is 344 g/mol. The van der Waals surface area contributed by atoms with Crippen molar-refractivity contribution in [1.29, 1.82) is 0 Å².